The number of morpholine rings is 1. The van der Waals surface area contributed by atoms with Crippen LogP contribution >= 0.6 is 22.9 Å². The van der Waals surface area contributed by atoms with Crippen LogP contribution < -0.4 is 14.8 Å². The maximum atomic E-state index is 13.1. The summed E-state index contributed by atoms with van der Waals surface area (Å²) in [5.74, 6) is -0.921. The van der Waals surface area contributed by atoms with Crippen molar-refractivity contribution in [3.05, 3.63) is 58.4 Å². The van der Waals surface area contributed by atoms with E-state index in [0.717, 1.165) is 17.4 Å². The highest BCUT2D eigenvalue weighted by atomic mass is 35.5. The number of rotatable bonds is 6. The molecule has 0 spiro atoms. The number of nitro groups is 1. The highest BCUT2D eigenvalue weighted by Gasteiger charge is 2.19. The highest BCUT2D eigenvalue weighted by Crippen LogP contribution is 2.25. The van der Waals surface area contributed by atoms with Crippen LogP contribution in [-0.4, -0.2) is 59.2 Å². The molecule has 12 heteroatoms. The SMILES string of the molecule is CCOC(=O)/C=c1\s/c(=C\c2ccc(Cl)c([N+](=O)[O-])c2)c(=O)n1CC(=O)N1CCOCC1. The molecular weight excluding hydrogens is 462 g/mol. The molecule has 0 saturated carbocycles. The summed E-state index contributed by atoms with van der Waals surface area (Å²) in [6.07, 6.45) is 2.61. The van der Waals surface area contributed by atoms with E-state index in [1.54, 1.807) is 11.8 Å². The van der Waals surface area contributed by atoms with Crippen LogP contribution in [0, 0.1) is 10.1 Å². The fraction of sp³-hybridized carbons (Fsp3) is 0.350. The second-order valence-corrected chi connectivity index (χ2v) is 8.17. The molecule has 1 saturated heterocycles. The van der Waals surface area contributed by atoms with E-state index >= 15 is 0 Å². The molecule has 1 aliphatic rings. The molecule has 1 aromatic carbocycles. The number of aromatic nitrogens is 1. The molecule has 32 heavy (non-hydrogen) atoms. The second-order valence-electron chi connectivity index (χ2n) is 6.70. The molecule has 3 rings (SSSR count). The standard InChI is InChI=1S/C20H20ClN3O7S/c1-2-31-19(26)11-18-23(12-17(25)22-5-7-30-8-6-22)20(27)16(32-18)10-13-3-4-14(21)15(9-13)24(28)29/h3-4,9-11H,2,5-8,12H2,1H3/b16-10-,18-11-. The summed E-state index contributed by atoms with van der Waals surface area (Å²) in [5.41, 5.74) is -0.406. The van der Waals surface area contributed by atoms with E-state index in [9.17, 15) is 24.5 Å². The molecule has 0 aliphatic carbocycles. The molecule has 2 heterocycles. The minimum Gasteiger partial charge on any atom is -0.463 e. The maximum Gasteiger partial charge on any atom is 0.333 e. The molecule has 10 nitrogen and oxygen atoms in total. The van der Waals surface area contributed by atoms with Gasteiger partial charge in [0.2, 0.25) is 5.91 Å². The number of thiazole rings is 1. The molecule has 2 aromatic rings. The van der Waals surface area contributed by atoms with Gasteiger partial charge in [0.1, 0.15) is 16.2 Å². The number of nitrogens with zero attached hydrogens (tertiary/aromatic N) is 3. The Kier molecular flexibility index (Phi) is 7.78. The number of hydrogen-bond acceptors (Lipinski definition) is 8. The van der Waals surface area contributed by atoms with Crippen LogP contribution in [-0.2, 0) is 25.6 Å². The van der Waals surface area contributed by atoms with E-state index in [0.29, 0.717) is 31.9 Å². The molecule has 1 aromatic heterocycles. The third-order valence-electron chi connectivity index (χ3n) is 4.59. The molecule has 0 bridgehead atoms. The fourth-order valence-electron chi connectivity index (χ4n) is 3.04. The van der Waals surface area contributed by atoms with Gasteiger partial charge in [0.15, 0.2) is 0 Å². The largest absolute Gasteiger partial charge is 0.463 e. The zero-order chi connectivity index (χ0) is 23.3. The van der Waals surface area contributed by atoms with Crippen LogP contribution in [0.15, 0.2) is 23.0 Å². The molecular formula is C20H20ClN3O7S. The Morgan fingerprint density at radius 3 is 2.72 bits per heavy atom. The van der Waals surface area contributed by atoms with Crippen LogP contribution in [0.1, 0.15) is 12.5 Å². The third kappa shape index (κ3) is 5.61. The number of esters is 1. The molecule has 1 amide bonds. The zero-order valence-electron chi connectivity index (χ0n) is 17.1. The summed E-state index contributed by atoms with van der Waals surface area (Å²) < 4.78 is 11.8. The lowest BCUT2D eigenvalue weighted by atomic mass is 10.2. The van der Waals surface area contributed by atoms with E-state index in [1.165, 1.54) is 28.8 Å². The van der Waals surface area contributed by atoms with E-state index in [4.69, 9.17) is 21.1 Å². The summed E-state index contributed by atoms with van der Waals surface area (Å²) in [4.78, 5) is 49.9. The van der Waals surface area contributed by atoms with Crippen molar-refractivity contribution in [1.82, 2.24) is 9.47 Å². The number of carbonyl (C=O) groups is 2. The number of halogens is 1. The van der Waals surface area contributed by atoms with E-state index in [2.05, 4.69) is 0 Å². The summed E-state index contributed by atoms with van der Waals surface area (Å²) in [6, 6.07) is 4.15. The first-order valence-corrected chi connectivity index (χ1v) is 10.9. The first-order valence-electron chi connectivity index (χ1n) is 9.69. The minimum atomic E-state index is -0.644. The van der Waals surface area contributed by atoms with Gasteiger partial charge in [-0.3, -0.25) is 24.3 Å². The third-order valence-corrected chi connectivity index (χ3v) is 5.97. The minimum absolute atomic E-state index is 0.0248. The number of carbonyl (C=O) groups excluding carboxylic acids is 2. The molecule has 0 atom stereocenters. The molecule has 1 fully saturated rings. The number of benzene rings is 1. The highest BCUT2D eigenvalue weighted by molar-refractivity contribution is 7.07. The van der Waals surface area contributed by atoms with Crippen LogP contribution in [0.5, 0.6) is 0 Å². The predicted octanol–water partition coefficient (Wildman–Crippen LogP) is 0.503. The van der Waals surface area contributed by atoms with Crippen molar-refractivity contribution in [2.75, 3.05) is 32.9 Å². The molecule has 0 unspecified atom stereocenters. The Balaban J connectivity index is 2.06. The van der Waals surface area contributed by atoms with Crippen LogP contribution in [0.3, 0.4) is 0 Å². The number of nitro benzene ring substituents is 1. The van der Waals surface area contributed by atoms with Crippen LogP contribution in [0.4, 0.5) is 5.69 Å². The number of ether oxygens (including phenoxy) is 2. The van der Waals surface area contributed by atoms with E-state index < -0.39 is 16.5 Å². The lowest BCUT2D eigenvalue weighted by molar-refractivity contribution is -0.384. The molecule has 0 radical (unpaired) electrons. The van der Waals surface area contributed by atoms with Gasteiger partial charge < -0.3 is 14.4 Å². The fourth-order valence-corrected chi connectivity index (χ4v) is 4.25. The normalized spacial score (nSPS) is 15.1. The van der Waals surface area contributed by atoms with Gasteiger partial charge in [-0.2, -0.15) is 0 Å². The summed E-state index contributed by atoms with van der Waals surface area (Å²) in [5, 5.41) is 11.1. The van der Waals surface area contributed by atoms with Gasteiger partial charge in [-0.05, 0) is 24.6 Å². The van der Waals surface area contributed by atoms with Gasteiger partial charge in [-0.25, -0.2) is 4.79 Å². The van der Waals surface area contributed by atoms with Crippen molar-refractivity contribution in [2.24, 2.45) is 0 Å². The quantitative estimate of drug-likeness (QED) is 0.334. The zero-order valence-corrected chi connectivity index (χ0v) is 18.7. The Bertz CT molecular complexity index is 1210. The van der Waals surface area contributed by atoms with Crippen molar-refractivity contribution in [2.45, 2.75) is 13.5 Å². The summed E-state index contributed by atoms with van der Waals surface area (Å²) >= 11 is 6.83. The maximum absolute atomic E-state index is 13.1. The Hall–Kier alpha value is -3.02. The number of amides is 1. The van der Waals surface area contributed by atoms with Gasteiger partial charge in [-0.15, -0.1) is 11.3 Å². The van der Waals surface area contributed by atoms with Crippen molar-refractivity contribution in [3.8, 4) is 0 Å². The molecule has 1 aliphatic heterocycles. The van der Waals surface area contributed by atoms with Gasteiger partial charge in [-0.1, -0.05) is 17.7 Å². The second kappa shape index (κ2) is 10.5. The number of hydrogen-bond donors (Lipinski definition) is 0. The lowest BCUT2D eigenvalue weighted by Crippen LogP contribution is -2.45. The Labute approximate surface area is 191 Å². The van der Waals surface area contributed by atoms with Gasteiger partial charge in [0, 0.05) is 19.2 Å². The monoisotopic (exact) mass is 481 g/mol. The molecule has 0 N–H and O–H groups in total. The van der Waals surface area contributed by atoms with E-state index in [-0.39, 0.29) is 39.0 Å². The summed E-state index contributed by atoms with van der Waals surface area (Å²) in [7, 11) is 0. The average molecular weight is 482 g/mol. The van der Waals surface area contributed by atoms with Crippen molar-refractivity contribution in [3.63, 3.8) is 0 Å². The van der Waals surface area contributed by atoms with Crippen LogP contribution in [0.25, 0.3) is 12.2 Å². The molecule has 170 valence electrons. The van der Waals surface area contributed by atoms with Crippen molar-refractivity contribution < 1.29 is 24.0 Å². The van der Waals surface area contributed by atoms with Gasteiger partial charge >= 0.3 is 5.97 Å². The van der Waals surface area contributed by atoms with Crippen LogP contribution in [0.2, 0.25) is 5.02 Å². The first kappa shape index (κ1) is 23.6. The van der Waals surface area contributed by atoms with Gasteiger partial charge in [0.05, 0.1) is 35.4 Å². The first-order chi connectivity index (χ1) is 15.3. The smallest absolute Gasteiger partial charge is 0.333 e. The average Bonchev–Trinajstić information content (AvgIpc) is 3.04. The predicted molar refractivity (Wildman–Crippen MR) is 118 cm³/mol. The van der Waals surface area contributed by atoms with E-state index in [1.807, 2.05) is 0 Å². The Morgan fingerprint density at radius 1 is 1.34 bits per heavy atom. The Morgan fingerprint density at radius 2 is 2.06 bits per heavy atom. The lowest BCUT2D eigenvalue weighted by Gasteiger charge is -2.26. The van der Waals surface area contributed by atoms with Gasteiger partial charge in [0.25, 0.3) is 11.2 Å². The van der Waals surface area contributed by atoms with Crippen molar-refractivity contribution >= 4 is 52.7 Å². The van der Waals surface area contributed by atoms with Crippen molar-refractivity contribution in [1.29, 1.82) is 0 Å². The topological polar surface area (TPSA) is 121 Å². The summed E-state index contributed by atoms with van der Waals surface area (Å²) in [6.45, 7) is 3.23.